The lowest BCUT2D eigenvalue weighted by Gasteiger charge is -2.25. The van der Waals surface area contributed by atoms with Gasteiger partial charge in [-0.1, -0.05) is 97.1 Å². The van der Waals surface area contributed by atoms with Crippen LogP contribution < -0.4 is 9.80 Å². The first-order chi connectivity index (χ1) is 27.3. The van der Waals surface area contributed by atoms with Crippen molar-refractivity contribution >= 4 is 105 Å². The molecule has 0 unspecified atom stereocenters. The van der Waals surface area contributed by atoms with Crippen LogP contribution >= 0.6 is 0 Å². The fourth-order valence-corrected chi connectivity index (χ4v) is 8.69. The van der Waals surface area contributed by atoms with Crippen LogP contribution in [0.2, 0.25) is 0 Å². The molecule has 0 saturated carbocycles. The summed E-state index contributed by atoms with van der Waals surface area (Å²) in [6.07, 6.45) is 0. The fourth-order valence-electron chi connectivity index (χ4n) is 8.69. The topological polar surface area (TPSA) is 37.2 Å². The minimum absolute atomic E-state index is 0.798. The molecular weight excluding hydrogens is 675 g/mol. The van der Waals surface area contributed by atoms with E-state index < -0.39 is 0 Å². The summed E-state index contributed by atoms with van der Waals surface area (Å²) in [5.74, 6) is 0. The first kappa shape index (κ1) is 30.0. The molecule has 0 aliphatic rings. The van der Waals surface area contributed by atoms with Crippen LogP contribution in [0.1, 0.15) is 0 Å². The van der Waals surface area contributed by atoms with E-state index in [0.717, 1.165) is 105 Å². The molecular formula is C50H31N3O2. The highest BCUT2D eigenvalue weighted by Crippen LogP contribution is 2.48. The van der Waals surface area contributed by atoms with Crippen LogP contribution in [-0.4, -0.2) is 4.40 Å². The van der Waals surface area contributed by atoms with E-state index in [0.29, 0.717) is 0 Å². The highest BCUT2D eigenvalue weighted by Gasteiger charge is 2.26. The lowest BCUT2D eigenvalue weighted by atomic mass is 10.0. The van der Waals surface area contributed by atoms with Crippen molar-refractivity contribution in [1.82, 2.24) is 4.40 Å². The van der Waals surface area contributed by atoms with Gasteiger partial charge in [0.15, 0.2) is 0 Å². The SMILES string of the molecule is c1ccc(N(c2ccccc2)c2ccc3cc4oc5c(c4cc3c2)c2cccc3c4c6cc(N(c7ccccc7)c7ccccc7)ccc6oc4n5c32)cc1. The fraction of sp³-hybridized carbons (Fsp3) is 0. The van der Waals surface area contributed by atoms with Crippen molar-refractivity contribution in [3.05, 3.63) is 188 Å². The summed E-state index contributed by atoms with van der Waals surface area (Å²) in [5, 5.41) is 8.95. The number of anilines is 6. The first-order valence-corrected chi connectivity index (χ1v) is 18.6. The van der Waals surface area contributed by atoms with E-state index in [9.17, 15) is 0 Å². The molecule has 12 aromatic rings. The first-order valence-electron chi connectivity index (χ1n) is 18.6. The molecule has 0 spiro atoms. The zero-order valence-corrected chi connectivity index (χ0v) is 29.6. The van der Waals surface area contributed by atoms with Crippen LogP contribution in [0.3, 0.4) is 0 Å². The van der Waals surface area contributed by atoms with Crippen LogP contribution in [0, 0.1) is 0 Å². The minimum Gasteiger partial charge on any atom is -0.439 e. The third-order valence-corrected chi connectivity index (χ3v) is 11.0. The van der Waals surface area contributed by atoms with Crippen molar-refractivity contribution in [3.63, 3.8) is 0 Å². The van der Waals surface area contributed by atoms with Crippen molar-refractivity contribution < 1.29 is 8.83 Å². The van der Waals surface area contributed by atoms with Crippen molar-refractivity contribution in [2.75, 3.05) is 9.80 Å². The largest absolute Gasteiger partial charge is 0.439 e. The lowest BCUT2D eigenvalue weighted by Crippen LogP contribution is -2.09. The minimum atomic E-state index is 0.798. The molecule has 5 heteroatoms. The maximum atomic E-state index is 6.83. The van der Waals surface area contributed by atoms with Crippen molar-refractivity contribution in [2.24, 2.45) is 0 Å². The molecule has 4 aromatic heterocycles. The van der Waals surface area contributed by atoms with E-state index >= 15 is 0 Å². The summed E-state index contributed by atoms with van der Waals surface area (Å²) >= 11 is 0. The van der Waals surface area contributed by atoms with Gasteiger partial charge < -0.3 is 18.6 Å². The van der Waals surface area contributed by atoms with Gasteiger partial charge in [0.1, 0.15) is 11.2 Å². The second-order valence-electron chi connectivity index (χ2n) is 14.2. The summed E-state index contributed by atoms with van der Waals surface area (Å²) in [4.78, 5) is 4.60. The molecule has 0 aliphatic heterocycles. The van der Waals surface area contributed by atoms with Gasteiger partial charge in [-0.3, -0.25) is 0 Å². The van der Waals surface area contributed by atoms with Gasteiger partial charge in [0.2, 0.25) is 11.4 Å². The van der Waals surface area contributed by atoms with Gasteiger partial charge in [-0.15, -0.1) is 0 Å². The zero-order chi connectivity index (χ0) is 36.0. The number of benzene rings is 8. The van der Waals surface area contributed by atoms with Crippen molar-refractivity contribution in [3.8, 4) is 0 Å². The predicted molar refractivity (Wildman–Crippen MR) is 228 cm³/mol. The second kappa shape index (κ2) is 11.5. The number of nitrogens with zero attached hydrogens (tertiary/aromatic N) is 3. The third kappa shape index (κ3) is 4.41. The van der Waals surface area contributed by atoms with Gasteiger partial charge in [-0.2, -0.15) is 0 Å². The molecule has 55 heavy (non-hydrogen) atoms. The Morgan fingerprint density at radius 2 is 0.800 bits per heavy atom. The average Bonchev–Trinajstić information content (AvgIpc) is 3.97. The summed E-state index contributed by atoms with van der Waals surface area (Å²) in [6, 6.07) is 66.3. The Morgan fingerprint density at radius 1 is 0.327 bits per heavy atom. The van der Waals surface area contributed by atoms with Gasteiger partial charge in [0.05, 0.1) is 16.3 Å². The molecule has 0 N–H and O–H groups in total. The predicted octanol–water partition coefficient (Wildman–Crippen LogP) is 14.4. The Balaban J connectivity index is 1.06. The van der Waals surface area contributed by atoms with Crippen LogP contribution in [0.25, 0.3) is 71.2 Å². The molecule has 0 saturated heterocycles. The second-order valence-corrected chi connectivity index (χ2v) is 14.2. The van der Waals surface area contributed by atoms with Gasteiger partial charge in [0, 0.05) is 55.7 Å². The third-order valence-electron chi connectivity index (χ3n) is 11.0. The lowest BCUT2D eigenvalue weighted by molar-refractivity contribution is 0.624. The van der Waals surface area contributed by atoms with Gasteiger partial charge >= 0.3 is 0 Å². The van der Waals surface area contributed by atoms with Crippen LogP contribution in [0.4, 0.5) is 34.1 Å². The zero-order valence-electron chi connectivity index (χ0n) is 29.6. The Morgan fingerprint density at radius 3 is 1.35 bits per heavy atom. The molecule has 8 aromatic carbocycles. The Bertz CT molecular complexity index is 3290. The molecule has 0 fully saturated rings. The van der Waals surface area contributed by atoms with E-state index in [-0.39, 0.29) is 0 Å². The number of fused-ring (bicyclic) bond motifs is 11. The molecule has 0 bridgehead atoms. The van der Waals surface area contributed by atoms with Gasteiger partial charge in [-0.05, 0) is 102 Å². The van der Waals surface area contributed by atoms with E-state index in [1.165, 1.54) is 0 Å². The summed E-state index contributed by atoms with van der Waals surface area (Å²) in [6.45, 7) is 0. The maximum Gasteiger partial charge on any atom is 0.216 e. The number of hydrogen-bond acceptors (Lipinski definition) is 4. The van der Waals surface area contributed by atoms with Crippen LogP contribution in [0.5, 0.6) is 0 Å². The molecule has 258 valence electrons. The number of rotatable bonds is 6. The molecule has 0 radical (unpaired) electrons. The smallest absolute Gasteiger partial charge is 0.216 e. The number of aromatic nitrogens is 1. The summed E-state index contributed by atoms with van der Waals surface area (Å²) < 4.78 is 15.8. The standard InChI is InChI=1S/C50H31N3O2/c1-5-14-34(15-6-1)51(35-16-7-2-8-17-35)38-25-24-32-30-45-42(29-33(32)28-38)46-40-22-13-23-41-47-43-31-39(26-27-44(43)54-49(47)53(48(40)41)50(46)55-45)52(36-18-9-3-10-19-36)37-20-11-4-12-21-37/h1-31H. The quantitative estimate of drug-likeness (QED) is 0.173. The molecule has 0 aliphatic carbocycles. The maximum absolute atomic E-state index is 6.83. The number of hydrogen-bond donors (Lipinski definition) is 0. The molecule has 12 rings (SSSR count). The van der Waals surface area contributed by atoms with E-state index in [4.69, 9.17) is 8.83 Å². The highest BCUT2D eigenvalue weighted by atomic mass is 16.4. The molecule has 4 heterocycles. The van der Waals surface area contributed by atoms with Crippen LogP contribution in [-0.2, 0) is 0 Å². The number of para-hydroxylation sites is 5. The molecule has 0 amide bonds. The van der Waals surface area contributed by atoms with Gasteiger partial charge in [0.25, 0.3) is 0 Å². The van der Waals surface area contributed by atoms with E-state index in [1.807, 2.05) is 0 Å². The highest BCUT2D eigenvalue weighted by molar-refractivity contribution is 6.31. The van der Waals surface area contributed by atoms with Crippen LogP contribution in [0.15, 0.2) is 197 Å². The molecule has 0 atom stereocenters. The van der Waals surface area contributed by atoms with Crippen molar-refractivity contribution in [1.29, 1.82) is 0 Å². The Labute approximate surface area is 315 Å². The van der Waals surface area contributed by atoms with Gasteiger partial charge in [-0.25, -0.2) is 4.40 Å². The number of furan rings is 2. The summed E-state index contributed by atoms with van der Waals surface area (Å²) in [7, 11) is 0. The van der Waals surface area contributed by atoms with E-state index in [2.05, 4.69) is 202 Å². The normalized spacial score (nSPS) is 12.0. The van der Waals surface area contributed by atoms with E-state index in [1.54, 1.807) is 0 Å². The molecule has 5 nitrogen and oxygen atoms in total. The Kier molecular flexibility index (Phi) is 6.27. The monoisotopic (exact) mass is 705 g/mol. The average molecular weight is 706 g/mol. The Hall–Kier alpha value is -7.50. The summed E-state index contributed by atoms with van der Waals surface area (Å²) in [5.41, 5.74) is 11.0. The van der Waals surface area contributed by atoms with Crippen molar-refractivity contribution in [2.45, 2.75) is 0 Å².